The summed E-state index contributed by atoms with van der Waals surface area (Å²) in [5, 5.41) is 11.9. The summed E-state index contributed by atoms with van der Waals surface area (Å²) in [6.45, 7) is 3.63. The third-order valence-electron chi connectivity index (χ3n) is 2.75. The van der Waals surface area contributed by atoms with Gasteiger partial charge in [-0.2, -0.15) is 0 Å². The number of thiophene rings is 1. The maximum Gasteiger partial charge on any atom is 0.269 e. The fourth-order valence-corrected chi connectivity index (χ4v) is 4.73. The Morgan fingerprint density at radius 2 is 2.26 bits per heavy atom. The lowest BCUT2D eigenvalue weighted by molar-refractivity contribution is 0.103. The number of hydrogen-bond acceptors (Lipinski definition) is 6. The molecule has 1 N–H and O–H groups in total. The third kappa shape index (κ3) is 3.55. The van der Waals surface area contributed by atoms with E-state index in [1.165, 1.54) is 35.2 Å². The van der Waals surface area contributed by atoms with Crippen LogP contribution in [0, 0.1) is 5.82 Å². The van der Waals surface area contributed by atoms with Crippen LogP contribution in [0.15, 0.2) is 35.2 Å². The van der Waals surface area contributed by atoms with E-state index in [0.717, 1.165) is 21.4 Å². The van der Waals surface area contributed by atoms with Crippen LogP contribution < -0.4 is 5.32 Å². The number of nitrogens with zero attached hydrogens (tertiary/aromatic N) is 2. The van der Waals surface area contributed by atoms with Crippen molar-refractivity contribution in [1.82, 2.24) is 10.2 Å². The number of benzene rings is 1. The molecule has 2 heterocycles. The molecule has 4 nitrogen and oxygen atoms in total. The SMILES string of the molecule is C=CCSc1nnc(NC(=O)c2sc3cc(F)ccc3c2Cl)s1. The molecular weight excluding hydrogens is 377 g/mol. The number of nitrogens with one attached hydrogen (secondary N) is 1. The van der Waals surface area contributed by atoms with Gasteiger partial charge in [-0.15, -0.1) is 28.1 Å². The average Bonchev–Trinajstić information content (AvgIpc) is 3.09. The van der Waals surface area contributed by atoms with E-state index >= 15 is 0 Å². The molecule has 0 spiro atoms. The first kappa shape index (κ1) is 16.4. The number of rotatable bonds is 5. The fraction of sp³-hybridized carbons (Fsp3) is 0.0714. The minimum atomic E-state index is -0.381. The maximum absolute atomic E-state index is 13.3. The van der Waals surface area contributed by atoms with E-state index < -0.39 is 0 Å². The number of carbonyl (C=O) groups excluding carboxylic acids is 1. The van der Waals surface area contributed by atoms with Crippen LogP contribution in [0.3, 0.4) is 0 Å². The molecule has 0 atom stereocenters. The molecule has 23 heavy (non-hydrogen) atoms. The van der Waals surface area contributed by atoms with E-state index in [9.17, 15) is 9.18 Å². The fourth-order valence-electron chi connectivity index (χ4n) is 1.79. The average molecular weight is 386 g/mol. The summed E-state index contributed by atoms with van der Waals surface area (Å²) in [5.41, 5.74) is 0. The first-order valence-electron chi connectivity index (χ1n) is 6.34. The van der Waals surface area contributed by atoms with Crippen molar-refractivity contribution in [3.63, 3.8) is 0 Å². The summed E-state index contributed by atoms with van der Waals surface area (Å²) in [7, 11) is 0. The van der Waals surface area contributed by atoms with Crippen molar-refractivity contribution < 1.29 is 9.18 Å². The van der Waals surface area contributed by atoms with Crippen molar-refractivity contribution in [1.29, 1.82) is 0 Å². The highest BCUT2D eigenvalue weighted by atomic mass is 35.5. The predicted octanol–water partition coefficient (Wildman–Crippen LogP) is 5.08. The number of aromatic nitrogens is 2. The molecule has 0 aliphatic heterocycles. The molecule has 9 heteroatoms. The molecule has 0 radical (unpaired) electrons. The predicted molar refractivity (Wildman–Crippen MR) is 95.6 cm³/mol. The van der Waals surface area contributed by atoms with Gasteiger partial charge in [0.2, 0.25) is 5.13 Å². The zero-order valence-corrected chi connectivity index (χ0v) is 14.7. The van der Waals surface area contributed by atoms with Gasteiger partial charge in [-0.3, -0.25) is 10.1 Å². The Morgan fingerprint density at radius 3 is 3.04 bits per heavy atom. The summed E-state index contributed by atoms with van der Waals surface area (Å²) in [5.74, 6) is -0.0283. The van der Waals surface area contributed by atoms with Crippen LogP contribution >= 0.6 is 46.0 Å². The number of anilines is 1. The van der Waals surface area contributed by atoms with Crippen LogP contribution in [-0.2, 0) is 0 Å². The van der Waals surface area contributed by atoms with Crippen LogP contribution in [0.2, 0.25) is 5.02 Å². The Labute approximate surface area is 148 Å². The molecule has 0 unspecified atom stereocenters. The van der Waals surface area contributed by atoms with Crippen molar-refractivity contribution in [2.24, 2.45) is 0 Å². The van der Waals surface area contributed by atoms with Crippen LogP contribution in [0.25, 0.3) is 10.1 Å². The van der Waals surface area contributed by atoms with E-state index in [1.54, 1.807) is 12.1 Å². The van der Waals surface area contributed by atoms with Gasteiger partial charge >= 0.3 is 0 Å². The second-order valence-electron chi connectivity index (χ2n) is 4.31. The summed E-state index contributed by atoms with van der Waals surface area (Å²) in [4.78, 5) is 12.7. The Balaban J connectivity index is 1.81. The van der Waals surface area contributed by atoms with Crippen LogP contribution in [0.5, 0.6) is 0 Å². The van der Waals surface area contributed by atoms with Gasteiger partial charge in [0.1, 0.15) is 10.7 Å². The Bertz CT molecular complexity index is 893. The topological polar surface area (TPSA) is 54.9 Å². The number of hydrogen-bond donors (Lipinski definition) is 1. The number of amides is 1. The van der Waals surface area contributed by atoms with Gasteiger partial charge < -0.3 is 0 Å². The van der Waals surface area contributed by atoms with Crippen molar-refractivity contribution in [2.45, 2.75) is 4.34 Å². The second kappa shape index (κ2) is 6.96. The second-order valence-corrected chi connectivity index (χ2v) is 7.99. The Morgan fingerprint density at radius 1 is 1.43 bits per heavy atom. The monoisotopic (exact) mass is 385 g/mol. The minimum absolute atomic E-state index is 0.313. The van der Waals surface area contributed by atoms with Gasteiger partial charge in [-0.05, 0) is 18.2 Å². The highest BCUT2D eigenvalue weighted by Crippen LogP contribution is 2.36. The summed E-state index contributed by atoms with van der Waals surface area (Å²) in [6.07, 6.45) is 1.76. The highest BCUT2D eigenvalue weighted by Gasteiger charge is 2.19. The van der Waals surface area contributed by atoms with Gasteiger partial charge in [-0.25, -0.2) is 4.39 Å². The molecule has 0 aliphatic rings. The lowest BCUT2D eigenvalue weighted by Gasteiger charge is -1.98. The van der Waals surface area contributed by atoms with Crippen molar-refractivity contribution in [3.05, 3.63) is 46.6 Å². The molecule has 1 aromatic carbocycles. The number of fused-ring (bicyclic) bond motifs is 1. The number of thioether (sulfide) groups is 1. The van der Waals surface area contributed by atoms with Gasteiger partial charge in [-0.1, -0.05) is 40.8 Å². The van der Waals surface area contributed by atoms with E-state index in [4.69, 9.17) is 11.6 Å². The molecule has 118 valence electrons. The highest BCUT2D eigenvalue weighted by molar-refractivity contribution is 8.01. The zero-order chi connectivity index (χ0) is 16.4. The molecule has 1 amide bonds. The van der Waals surface area contributed by atoms with Crippen molar-refractivity contribution >= 4 is 67.2 Å². The number of halogens is 2. The minimum Gasteiger partial charge on any atom is -0.296 e. The van der Waals surface area contributed by atoms with E-state index in [1.807, 2.05) is 0 Å². The normalized spacial score (nSPS) is 10.9. The molecule has 3 rings (SSSR count). The van der Waals surface area contributed by atoms with Crippen LogP contribution in [0.4, 0.5) is 9.52 Å². The quantitative estimate of drug-likeness (QED) is 0.378. The summed E-state index contributed by atoms with van der Waals surface area (Å²) >= 11 is 10.1. The molecule has 2 aromatic heterocycles. The summed E-state index contributed by atoms with van der Waals surface area (Å²) < 4.78 is 14.6. The lowest BCUT2D eigenvalue weighted by Crippen LogP contribution is -2.10. The van der Waals surface area contributed by atoms with Gasteiger partial charge in [0.05, 0.1) is 5.02 Å². The third-order valence-corrected chi connectivity index (χ3v) is 6.37. The molecule has 0 bridgehead atoms. The van der Waals surface area contributed by atoms with E-state index in [0.29, 0.717) is 25.1 Å². The van der Waals surface area contributed by atoms with Gasteiger partial charge in [0.15, 0.2) is 4.34 Å². The number of carbonyl (C=O) groups is 1. The van der Waals surface area contributed by atoms with Crippen molar-refractivity contribution in [3.8, 4) is 0 Å². The van der Waals surface area contributed by atoms with E-state index in [2.05, 4.69) is 22.1 Å². The van der Waals surface area contributed by atoms with E-state index in [-0.39, 0.29) is 11.7 Å². The molecular formula is C14H9ClFN3OS3. The van der Waals surface area contributed by atoms with Gasteiger partial charge in [0, 0.05) is 15.8 Å². The smallest absolute Gasteiger partial charge is 0.269 e. The molecule has 0 fully saturated rings. The summed E-state index contributed by atoms with van der Waals surface area (Å²) in [6, 6.07) is 4.24. The van der Waals surface area contributed by atoms with Crippen LogP contribution in [0.1, 0.15) is 9.67 Å². The lowest BCUT2D eigenvalue weighted by atomic mass is 10.2. The van der Waals surface area contributed by atoms with Crippen LogP contribution in [-0.4, -0.2) is 21.9 Å². The molecule has 0 aliphatic carbocycles. The first-order valence-corrected chi connectivity index (χ1v) is 9.34. The largest absolute Gasteiger partial charge is 0.296 e. The Kier molecular flexibility index (Phi) is 4.96. The zero-order valence-electron chi connectivity index (χ0n) is 11.5. The molecule has 0 saturated carbocycles. The first-order chi connectivity index (χ1) is 11.1. The molecule has 0 saturated heterocycles. The standard InChI is InChI=1S/C14H9ClFN3OS3/c1-2-5-21-14-19-18-13(23-14)17-12(20)11-10(15)8-4-3-7(16)6-9(8)22-11/h2-4,6H,1,5H2,(H,17,18,20). The molecule has 3 aromatic rings. The maximum atomic E-state index is 13.3. The van der Waals surface area contributed by atoms with Gasteiger partial charge in [0.25, 0.3) is 5.91 Å². The Hall–Kier alpha value is -1.48. The van der Waals surface area contributed by atoms with Crippen molar-refractivity contribution in [2.75, 3.05) is 11.1 Å².